The summed E-state index contributed by atoms with van der Waals surface area (Å²) in [6.07, 6.45) is 1.95. The fourth-order valence-electron chi connectivity index (χ4n) is 1.21. The van der Waals surface area contributed by atoms with Crippen LogP contribution < -0.4 is 4.46 Å². The van der Waals surface area contributed by atoms with Crippen molar-refractivity contribution in [2.75, 3.05) is 0 Å². The van der Waals surface area contributed by atoms with Crippen molar-refractivity contribution in [1.82, 2.24) is 15.0 Å². The third-order valence-electron chi connectivity index (χ3n) is 2.08. The Bertz CT molecular complexity index is 476. The molecule has 0 radical (unpaired) electrons. The van der Waals surface area contributed by atoms with Crippen molar-refractivity contribution in [2.45, 2.75) is 12.4 Å². The van der Waals surface area contributed by atoms with E-state index in [4.69, 9.17) is 0 Å². The van der Waals surface area contributed by atoms with Crippen molar-refractivity contribution >= 4 is 25.0 Å². The molecule has 3 nitrogen and oxygen atoms in total. The second-order valence-corrected chi connectivity index (χ2v) is 5.65. The summed E-state index contributed by atoms with van der Waals surface area (Å²) in [7, 11) is 0. The van der Waals surface area contributed by atoms with E-state index in [1.807, 2.05) is 23.9 Å². The Kier molecular flexibility index (Phi) is 3.54. The number of hydrogen-bond acceptors (Lipinski definition) is 2. The van der Waals surface area contributed by atoms with E-state index < -0.39 is 0 Å². The van der Waals surface area contributed by atoms with Gasteiger partial charge in [-0.15, -0.1) is 0 Å². The Hall–Kier alpha value is -1.38. The van der Waals surface area contributed by atoms with Gasteiger partial charge >= 0.3 is 101 Å². The molecule has 2 rings (SSSR count). The molecule has 1 aromatic carbocycles. The molecule has 0 N–H and O–H groups in total. The normalized spacial score (nSPS) is 10.3. The quantitative estimate of drug-likeness (QED) is 0.789. The van der Waals surface area contributed by atoms with Gasteiger partial charge in [-0.25, -0.2) is 0 Å². The molecular formula is C12H13N3Se. The zero-order chi connectivity index (χ0) is 11.4. The summed E-state index contributed by atoms with van der Waals surface area (Å²) in [6, 6.07) is 10.5. The van der Waals surface area contributed by atoms with Gasteiger partial charge in [-0.3, -0.25) is 0 Å². The van der Waals surface area contributed by atoms with Crippen LogP contribution in [0.1, 0.15) is 12.6 Å². The number of hydrogen-bond donors (Lipinski definition) is 0. The molecule has 0 aliphatic heterocycles. The standard InChI is InChI=1S/C12H13N3Se/c1-10(2)12-8-15(14-13-12)9-16-11-6-4-3-5-7-11/h3-8H,1,9H2,2H3. The van der Waals surface area contributed by atoms with Gasteiger partial charge in [-0.05, 0) is 0 Å². The minimum absolute atomic E-state index is 0.404. The molecule has 16 heavy (non-hydrogen) atoms. The summed E-state index contributed by atoms with van der Waals surface area (Å²) in [5.41, 5.74) is 2.75. The first kappa shape index (κ1) is 11.1. The van der Waals surface area contributed by atoms with Gasteiger partial charge in [0.25, 0.3) is 0 Å². The molecule has 82 valence electrons. The Labute approximate surface area is 101 Å². The van der Waals surface area contributed by atoms with Gasteiger partial charge in [-0.1, -0.05) is 0 Å². The third-order valence-corrected chi connectivity index (χ3v) is 4.18. The first-order chi connectivity index (χ1) is 7.75. The zero-order valence-corrected chi connectivity index (χ0v) is 10.8. The average molecular weight is 278 g/mol. The predicted octanol–water partition coefficient (Wildman–Crippen LogP) is 1.30. The van der Waals surface area contributed by atoms with Gasteiger partial charge in [-0.2, -0.15) is 0 Å². The monoisotopic (exact) mass is 279 g/mol. The Balaban J connectivity index is 1.97. The first-order valence-electron chi connectivity index (χ1n) is 4.99. The van der Waals surface area contributed by atoms with Gasteiger partial charge in [0.1, 0.15) is 0 Å². The van der Waals surface area contributed by atoms with Crippen LogP contribution in [0.25, 0.3) is 5.57 Å². The van der Waals surface area contributed by atoms with E-state index in [0.29, 0.717) is 15.0 Å². The molecule has 4 heteroatoms. The maximum absolute atomic E-state index is 4.07. The maximum atomic E-state index is 4.07. The van der Waals surface area contributed by atoms with Crippen molar-refractivity contribution in [3.63, 3.8) is 0 Å². The van der Waals surface area contributed by atoms with Crippen molar-refractivity contribution in [3.05, 3.63) is 48.8 Å². The summed E-state index contributed by atoms with van der Waals surface area (Å²) in [6.45, 7) is 5.79. The fourth-order valence-corrected chi connectivity index (χ4v) is 2.80. The molecular weight excluding hydrogens is 265 g/mol. The molecule has 1 heterocycles. The molecule has 0 atom stereocenters. The minimum atomic E-state index is 0.404. The topological polar surface area (TPSA) is 30.7 Å². The van der Waals surface area contributed by atoms with E-state index in [9.17, 15) is 0 Å². The molecule has 2 aromatic rings. The van der Waals surface area contributed by atoms with Crippen LogP contribution >= 0.6 is 0 Å². The third kappa shape index (κ3) is 2.81. The summed E-state index contributed by atoms with van der Waals surface area (Å²) in [5.74, 6) is 0. The van der Waals surface area contributed by atoms with E-state index in [1.54, 1.807) is 0 Å². The van der Waals surface area contributed by atoms with Crippen LogP contribution in [-0.4, -0.2) is 30.0 Å². The van der Waals surface area contributed by atoms with Crippen LogP contribution in [0.5, 0.6) is 0 Å². The Morgan fingerprint density at radius 3 is 2.75 bits per heavy atom. The van der Waals surface area contributed by atoms with Gasteiger partial charge < -0.3 is 0 Å². The number of benzene rings is 1. The van der Waals surface area contributed by atoms with Gasteiger partial charge in [0.2, 0.25) is 0 Å². The summed E-state index contributed by atoms with van der Waals surface area (Å²) in [5, 5.41) is 8.13. The molecule has 0 fully saturated rings. The van der Waals surface area contributed by atoms with E-state index >= 15 is 0 Å². The number of nitrogens with zero attached hydrogens (tertiary/aromatic N) is 3. The Morgan fingerprint density at radius 1 is 1.38 bits per heavy atom. The van der Waals surface area contributed by atoms with Crippen LogP contribution in [0.4, 0.5) is 0 Å². The van der Waals surface area contributed by atoms with Crippen molar-refractivity contribution in [1.29, 1.82) is 0 Å². The average Bonchev–Trinajstić information content (AvgIpc) is 2.76. The molecule has 0 spiro atoms. The van der Waals surface area contributed by atoms with Crippen molar-refractivity contribution < 1.29 is 0 Å². The number of rotatable bonds is 4. The second kappa shape index (κ2) is 5.10. The first-order valence-corrected chi connectivity index (χ1v) is 7.06. The van der Waals surface area contributed by atoms with Gasteiger partial charge in [0, 0.05) is 0 Å². The van der Waals surface area contributed by atoms with Gasteiger partial charge in [0.05, 0.1) is 0 Å². The summed E-state index contributed by atoms with van der Waals surface area (Å²) >= 11 is 0.404. The molecule has 0 amide bonds. The zero-order valence-electron chi connectivity index (χ0n) is 9.13. The molecule has 0 aliphatic carbocycles. The van der Waals surface area contributed by atoms with E-state index in [1.165, 1.54) is 4.46 Å². The van der Waals surface area contributed by atoms with E-state index in [0.717, 1.165) is 16.7 Å². The van der Waals surface area contributed by atoms with Gasteiger partial charge in [0.15, 0.2) is 0 Å². The van der Waals surface area contributed by atoms with Crippen molar-refractivity contribution in [3.8, 4) is 0 Å². The molecule has 0 saturated carbocycles. The SMILES string of the molecule is C=C(C)c1cn(C[Se]c2ccccc2)nn1. The number of aromatic nitrogens is 3. The molecule has 1 aromatic heterocycles. The fraction of sp³-hybridized carbons (Fsp3) is 0.167. The predicted molar refractivity (Wildman–Crippen MR) is 66.6 cm³/mol. The summed E-state index contributed by atoms with van der Waals surface area (Å²) in [4.78, 5) is 0. The van der Waals surface area contributed by atoms with Crippen molar-refractivity contribution in [2.24, 2.45) is 0 Å². The van der Waals surface area contributed by atoms with E-state index in [-0.39, 0.29) is 0 Å². The van der Waals surface area contributed by atoms with E-state index in [2.05, 4.69) is 41.2 Å². The molecule has 0 saturated heterocycles. The molecule has 0 bridgehead atoms. The molecule has 0 unspecified atom stereocenters. The van der Waals surface area contributed by atoms with Crippen LogP contribution in [0.2, 0.25) is 0 Å². The van der Waals surface area contributed by atoms with Crippen LogP contribution in [0.3, 0.4) is 0 Å². The van der Waals surface area contributed by atoms with Crippen LogP contribution in [0.15, 0.2) is 43.1 Å². The number of allylic oxidation sites excluding steroid dienone is 1. The second-order valence-electron chi connectivity index (χ2n) is 3.51. The van der Waals surface area contributed by atoms with Crippen LogP contribution in [0, 0.1) is 0 Å². The van der Waals surface area contributed by atoms with Crippen LogP contribution in [-0.2, 0) is 5.44 Å². The summed E-state index contributed by atoms with van der Waals surface area (Å²) < 4.78 is 3.26. The molecule has 0 aliphatic rings. The Morgan fingerprint density at radius 2 is 2.12 bits per heavy atom.